The second kappa shape index (κ2) is 5.61. The zero-order chi connectivity index (χ0) is 14.7. The van der Waals surface area contributed by atoms with Crippen LogP contribution in [0.4, 0.5) is 0 Å². The lowest BCUT2D eigenvalue weighted by Gasteiger charge is -2.19. The van der Waals surface area contributed by atoms with Crippen molar-refractivity contribution in [3.05, 3.63) is 29.8 Å². The number of carboxylic acids is 1. The molecular formula is C13H18O5S. The molecule has 1 rings (SSSR count). The molecule has 0 spiro atoms. The lowest BCUT2D eigenvalue weighted by atomic mass is 10.2. The fraction of sp³-hybridized carbons (Fsp3) is 0.462. The molecule has 0 heterocycles. The van der Waals surface area contributed by atoms with Crippen molar-refractivity contribution >= 4 is 15.8 Å². The van der Waals surface area contributed by atoms with Gasteiger partial charge >= 0.3 is 5.97 Å². The van der Waals surface area contributed by atoms with Gasteiger partial charge in [-0.05, 0) is 45.0 Å². The van der Waals surface area contributed by atoms with Gasteiger partial charge in [-0.2, -0.15) is 0 Å². The van der Waals surface area contributed by atoms with Gasteiger partial charge < -0.3 is 9.84 Å². The first-order valence-electron chi connectivity index (χ1n) is 5.82. The summed E-state index contributed by atoms with van der Waals surface area (Å²) < 4.78 is 28.2. The molecule has 0 radical (unpaired) electrons. The highest BCUT2D eigenvalue weighted by Gasteiger charge is 2.28. The fourth-order valence-corrected chi connectivity index (χ4v) is 2.18. The van der Waals surface area contributed by atoms with E-state index < -0.39 is 20.6 Å². The Kier molecular flexibility index (Phi) is 4.57. The van der Waals surface area contributed by atoms with Crippen LogP contribution in [0.2, 0.25) is 0 Å². The molecule has 0 saturated heterocycles. The number of benzene rings is 1. The van der Waals surface area contributed by atoms with Gasteiger partial charge in [0.1, 0.15) is 12.4 Å². The third-order valence-corrected chi connectivity index (χ3v) is 5.23. The third kappa shape index (κ3) is 4.24. The molecule has 0 fully saturated rings. The van der Waals surface area contributed by atoms with Gasteiger partial charge in [-0.25, -0.2) is 13.2 Å². The van der Waals surface area contributed by atoms with Gasteiger partial charge in [0.05, 0.1) is 16.1 Å². The average Bonchev–Trinajstić information content (AvgIpc) is 2.28. The zero-order valence-electron chi connectivity index (χ0n) is 11.2. The summed E-state index contributed by atoms with van der Waals surface area (Å²) in [7, 11) is -3.21. The third-order valence-electron chi connectivity index (χ3n) is 2.66. The number of rotatable bonds is 5. The Morgan fingerprint density at radius 3 is 2.16 bits per heavy atom. The minimum Gasteiger partial charge on any atom is -0.493 e. The first kappa shape index (κ1) is 15.5. The molecule has 1 N–H and O–H groups in total. The smallest absolute Gasteiger partial charge is 0.335 e. The van der Waals surface area contributed by atoms with Crippen LogP contribution >= 0.6 is 0 Å². The van der Waals surface area contributed by atoms with E-state index in [-0.39, 0.29) is 17.9 Å². The number of hydrogen-bond acceptors (Lipinski definition) is 4. The van der Waals surface area contributed by atoms with Gasteiger partial charge in [-0.1, -0.05) is 0 Å². The van der Waals surface area contributed by atoms with E-state index in [1.54, 1.807) is 20.8 Å². The monoisotopic (exact) mass is 286 g/mol. The predicted octanol–water partition coefficient (Wildman–Crippen LogP) is 1.98. The molecule has 0 aromatic heterocycles. The van der Waals surface area contributed by atoms with Crippen molar-refractivity contribution in [2.75, 3.05) is 12.4 Å². The van der Waals surface area contributed by atoms with E-state index in [1.807, 2.05) is 0 Å². The van der Waals surface area contributed by atoms with Gasteiger partial charge in [-0.15, -0.1) is 0 Å². The summed E-state index contributed by atoms with van der Waals surface area (Å²) in [5.41, 5.74) is 0.162. The maximum absolute atomic E-state index is 11.8. The van der Waals surface area contributed by atoms with Gasteiger partial charge in [-0.3, -0.25) is 0 Å². The Labute approximate surface area is 113 Å². The number of carboxylic acid groups (broad SMARTS) is 1. The van der Waals surface area contributed by atoms with Crippen molar-refractivity contribution in [3.8, 4) is 5.75 Å². The summed E-state index contributed by atoms with van der Waals surface area (Å²) in [5, 5.41) is 8.73. The molecule has 1 aromatic carbocycles. The van der Waals surface area contributed by atoms with Crippen LogP contribution in [-0.2, 0) is 9.84 Å². The number of ether oxygens (including phenoxy) is 1. The van der Waals surface area contributed by atoms with Crippen molar-refractivity contribution < 1.29 is 23.1 Å². The van der Waals surface area contributed by atoms with Crippen LogP contribution in [0, 0.1) is 0 Å². The van der Waals surface area contributed by atoms with Crippen LogP contribution in [-0.4, -0.2) is 36.6 Å². The highest BCUT2D eigenvalue weighted by Crippen LogP contribution is 2.17. The minimum atomic E-state index is -3.21. The highest BCUT2D eigenvalue weighted by molar-refractivity contribution is 7.92. The number of aromatic carboxylic acids is 1. The second-order valence-corrected chi connectivity index (χ2v) is 7.97. The second-order valence-electron chi connectivity index (χ2n) is 5.11. The van der Waals surface area contributed by atoms with Crippen molar-refractivity contribution in [2.24, 2.45) is 0 Å². The van der Waals surface area contributed by atoms with Crippen LogP contribution in [0.3, 0.4) is 0 Å². The molecule has 0 bridgehead atoms. The van der Waals surface area contributed by atoms with Crippen molar-refractivity contribution in [1.82, 2.24) is 0 Å². The van der Waals surface area contributed by atoms with E-state index in [4.69, 9.17) is 9.84 Å². The predicted molar refractivity (Wildman–Crippen MR) is 72.4 cm³/mol. The Morgan fingerprint density at radius 2 is 1.74 bits per heavy atom. The molecule has 6 heteroatoms. The van der Waals surface area contributed by atoms with Crippen LogP contribution in [0.5, 0.6) is 5.75 Å². The number of hydrogen-bond donors (Lipinski definition) is 1. The van der Waals surface area contributed by atoms with Crippen molar-refractivity contribution in [1.29, 1.82) is 0 Å². The molecule has 106 valence electrons. The summed E-state index contributed by atoms with van der Waals surface area (Å²) in [6.45, 7) is 4.98. The standard InChI is InChI=1S/C13H18O5S/c1-13(2,3)19(16,17)9-8-18-11-6-4-10(5-7-11)12(14)15/h4-7H,8-9H2,1-3H3,(H,14,15). The van der Waals surface area contributed by atoms with E-state index in [0.717, 1.165) is 0 Å². The molecule has 0 unspecified atom stereocenters. The Balaban J connectivity index is 2.57. The SMILES string of the molecule is CC(C)(C)S(=O)(=O)CCOc1ccc(C(=O)O)cc1. The first-order chi connectivity index (χ1) is 8.63. The zero-order valence-corrected chi connectivity index (χ0v) is 12.0. The van der Waals surface area contributed by atoms with Crippen LogP contribution in [0.15, 0.2) is 24.3 Å². The lowest BCUT2D eigenvalue weighted by molar-refractivity contribution is 0.0697. The van der Waals surface area contributed by atoms with Gasteiger partial charge in [0.2, 0.25) is 0 Å². The molecule has 19 heavy (non-hydrogen) atoms. The summed E-state index contributed by atoms with van der Waals surface area (Å²) in [6, 6.07) is 5.84. The van der Waals surface area contributed by atoms with E-state index in [0.29, 0.717) is 5.75 Å². The molecule has 1 aromatic rings. The molecule has 5 nitrogen and oxygen atoms in total. The van der Waals surface area contributed by atoms with Crippen LogP contribution < -0.4 is 4.74 Å². The van der Waals surface area contributed by atoms with Crippen molar-refractivity contribution in [2.45, 2.75) is 25.5 Å². The normalized spacial score (nSPS) is 12.2. The largest absolute Gasteiger partial charge is 0.493 e. The first-order valence-corrected chi connectivity index (χ1v) is 7.47. The molecule has 0 saturated carbocycles. The summed E-state index contributed by atoms with van der Waals surface area (Å²) in [4.78, 5) is 10.6. The van der Waals surface area contributed by atoms with E-state index in [9.17, 15) is 13.2 Å². The van der Waals surface area contributed by atoms with Crippen molar-refractivity contribution in [3.63, 3.8) is 0 Å². The Hall–Kier alpha value is -1.56. The molecule has 0 aliphatic rings. The van der Waals surface area contributed by atoms with E-state index in [1.165, 1.54) is 24.3 Å². The molecule has 0 amide bonds. The molecule has 0 atom stereocenters. The molecule has 0 aliphatic carbocycles. The maximum atomic E-state index is 11.8. The summed E-state index contributed by atoms with van der Waals surface area (Å²) in [5.74, 6) is -0.632. The quantitative estimate of drug-likeness (QED) is 0.895. The molecule has 0 aliphatic heterocycles. The number of sulfone groups is 1. The van der Waals surface area contributed by atoms with E-state index >= 15 is 0 Å². The van der Waals surface area contributed by atoms with Crippen LogP contribution in [0.25, 0.3) is 0 Å². The van der Waals surface area contributed by atoms with E-state index in [2.05, 4.69) is 0 Å². The van der Waals surface area contributed by atoms with Gasteiger partial charge in [0, 0.05) is 0 Å². The highest BCUT2D eigenvalue weighted by atomic mass is 32.2. The fourth-order valence-electron chi connectivity index (χ4n) is 1.27. The molecular weight excluding hydrogens is 268 g/mol. The van der Waals surface area contributed by atoms with Gasteiger partial charge in [0.25, 0.3) is 0 Å². The lowest BCUT2D eigenvalue weighted by Crippen LogP contribution is -2.32. The number of carbonyl (C=O) groups is 1. The summed E-state index contributed by atoms with van der Waals surface area (Å²) >= 11 is 0. The Morgan fingerprint density at radius 1 is 1.21 bits per heavy atom. The topological polar surface area (TPSA) is 80.7 Å². The van der Waals surface area contributed by atoms with Gasteiger partial charge in [0.15, 0.2) is 9.84 Å². The Bertz CT molecular complexity index is 537. The summed E-state index contributed by atoms with van der Waals surface area (Å²) in [6.07, 6.45) is 0. The minimum absolute atomic E-state index is 0.0476. The average molecular weight is 286 g/mol. The van der Waals surface area contributed by atoms with Crippen LogP contribution in [0.1, 0.15) is 31.1 Å². The maximum Gasteiger partial charge on any atom is 0.335 e.